The maximum Gasteiger partial charge on any atom is 0.317 e. The van der Waals surface area contributed by atoms with Crippen LogP contribution in [0.3, 0.4) is 0 Å². The second-order valence-electron chi connectivity index (χ2n) is 6.34. The molecule has 1 aliphatic rings. The molecule has 0 saturated heterocycles. The van der Waals surface area contributed by atoms with Crippen LogP contribution in [0.2, 0.25) is 0 Å². The Labute approximate surface area is 152 Å². The molecule has 1 saturated carbocycles. The van der Waals surface area contributed by atoms with E-state index in [9.17, 15) is 14.0 Å². The fraction of sp³-hybridized carbons (Fsp3) is 0.556. The van der Waals surface area contributed by atoms with Gasteiger partial charge in [0.1, 0.15) is 11.6 Å². The number of urea groups is 1. The third kappa shape index (κ3) is 6.51. The van der Waals surface area contributed by atoms with Crippen LogP contribution in [-0.4, -0.2) is 60.3 Å². The van der Waals surface area contributed by atoms with Gasteiger partial charge in [0.25, 0.3) is 0 Å². The molecule has 0 spiro atoms. The Morgan fingerprint density at radius 3 is 2.62 bits per heavy atom. The topological polar surface area (TPSA) is 90.9 Å². The van der Waals surface area contributed by atoms with Gasteiger partial charge in [-0.15, -0.1) is 0 Å². The average molecular weight is 367 g/mol. The minimum absolute atomic E-state index is 0.0359. The van der Waals surface area contributed by atoms with Crippen molar-refractivity contribution < 1.29 is 23.8 Å². The summed E-state index contributed by atoms with van der Waals surface area (Å²) in [6.07, 6.45) is 2.17. The SMILES string of the molecule is CCN(CC(=O)O)C1CC(NC(=O)NCCCOc2ccc(F)cc2)C1. The molecular formula is C18H26FN3O4. The largest absolute Gasteiger partial charge is 0.494 e. The molecule has 0 radical (unpaired) electrons. The number of hydrogen-bond donors (Lipinski definition) is 3. The molecule has 3 N–H and O–H groups in total. The van der Waals surface area contributed by atoms with Crippen LogP contribution in [0.5, 0.6) is 5.75 Å². The predicted octanol–water partition coefficient (Wildman–Crippen LogP) is 1.83. The first kappa shape index (κ1) is 20.0. The molecule has 1 aromatic carbocycles. The zero-order chi connectivity index (χ0) is 18.9. The van der Waals surface area contributed by atoms with E-state index in [-0.39, 0.29) is 30.5 Å². The van der Waals surface area contributed by atoms with Crippen molar-refractivity contribution >= 4 is 12.0 Å². The molecule has 0 atom stereocenters. The Balaban J connectivity index is 1.53. The Hall–Kier alpha value is -2.35. The molecule has 2 rings (SSSR count). The van der Waals surface area contributed by atoms with Crippen LogP contribution >= 0.6 is 0 Å². The van der Waals surface area contributed by atoms with E-state index >= 15 is 0 Å². The van der Waals surface area contributed by atoms with Gasteiger partial charge in [0.15, 0.2) is 0 Å². The molecule has 0 heterocycles. The zero-order valence-corrected chi connectivity index (χ0v) is 14.9. The number of nitrogens with one attached hydrogen (secondary N) is 2. The van der Waals surface area contributed by atoms with Gasteiger partial charge in [0.05, 0.1) is 13.2 Å². The van der Waals surface area contributed by atoms with E-state index in [1.54, 1.807) is 12.1 Å². The normalized spacial score (nSPS) is 18.9. The molecule has 1 aliphatic carbocycles. The van der Waals surface area contributed by atoms with Gasteiger partial charge in [0.2, 0.25) is 0 Å². The molecule has 26 heavy (non-hydrogen) atoms. The molecule has 0 aliphatic heterocycles. The minimum Gasteiger partial charge on any atom is -0.494 e. The third-order valence-corrected chi connectivity index (χ3v) is 4.40. The van der Waals surface area contributed by atoms with Gasteiger partial charge in [-0.1, -0.05) is 6.92 Å². The Kier molecular flexibility index (Phi) is 7.65. The number of amides is 2. The number of likely N-dealkylation sites (N-methyl/N-ethyl adjacent to an activating group) is 1. The van der Waals surface area contributed by atoms with Gasteiger partial charge in [-0.2, -0.15) is 0 Å². The molecule has 0 unspecified atom stereocenters. The van der Waals surface area contributed by atoms with E-state index in [1.165, 1.54) is 12.1 Å². The number of nitrogens with zero attached hydrogens (tertiary/aromatic N) is 1. The van der Waals surface area contributed by atoms with Crippen molar-refractivity contribution in [3.8, 4) is 5.75 Å². The van der Waals surface area contributed by atoms with Gasteiger partial charge in [-0.05, 0) is 50.1 Å². The van der Waals surface area contributed by atoms with Crippen molar-refractivity contribution in [1.29, 1.82) is 0 Å². The number of benzene rings is 1. The van der Waals surface area contributed by atoms with Crippen molar-refractivity contribution in [2.75, 3.05) is 26.2 Å². The van der Waals surface area contributed by atoms with E-state index < -0.39 is 5.97 Å². The highest BCUT2D eigenvalue weighted by atomic mass is 19.1. The number of hydrogen-bond acceptors (Lipinski definition) is 4. The van der Waals surface area contributed by atoms with Crippen LogP contribution in [0.1, 0.15) is 26.2 Å². The monoisotopic (exact) mass is 367 g/mol. The molecule has 8 heteroatoms. The Morgan fingerprint density at radius 2 is 2.00 bits per heavy atom. The molecule has 2 amide bonds. The van der Waals surface area contributed by atoms with Crippen LogP contribution in [0.25, 0.3) is 0 Å². The minimum atomic E-state index is -0.830. The predicted molar refractivity (Wildman–Crippen MR) is 94.7 cm³/mol. The van der Waals surface area contributed by atoms with E-state index in [2.05, 4.69) is 10.6 Å². The molecule has 0 aromatic heterocycles. The maximum absolute atomic E-state index is 12.8. The second-order valence-corrected chi connectivity index (χ2v) is 6.34. The summed E-state index contributed by atoms with van der Waals surface area (Å²) in [5.74, 6) is -0.541. The molecular weight excluding hydrogens is 341 g/mol. The number of ether oxygens (including phenoxy) is 1. The number of carboxylic acid groups (broad SMARTS) is 1. The van der Waals surface area contributed by atoms with Crippen LogP contribution in [0, 0.1) is 5.82 Å². The quantitative estimate of drug-likeness (QED) is 0.549. The highest BCUT2D eigenvalue weighted by Gasteiger charge is 2.34. The van der Waals surface area contributed by atoms with Crippen LogP contribution in [0.15, 0.2) is 24.3 Å². The highest BCUT2D eigenvalue weighted by molar-refractivity contribution is 5.74. The molecule has 144 valence electrons. The van der Waals surface area contributed by atoms with Crippen LogP contribution in [0.4, 0.5) is 9.18 Å². The number of rotatable bonds is 10. The first-order valence-corrected chi connectivity index (χ1v) is 8.86. The van der Waals surface area contributed by atoms with Crippen molar-refractivity contribution in [2.24, 2.45) is 0 Å². The first-order chi connectivity index (χ1) is 12.5. The van der Waals surface area contributed by atoms with Gasteiger partial charge < -0.3 is 20.5 Å². The molecule has 1 aromatic rings. The van der Waals surface area contributed by atoms with Crippen molar-refractivity contribution in [3.63, 3.8) is 0 Å². The lowest BCUT2D eigenvalue weighted by Crippen LogP contribution is -2.56. The molecule has 1 fully saturated rings. The lowest BCUT2D eigenvalue weighted by atomic mass is 9.85. The van der Waals surface area contributed by atoms with E-state index in [0.29, 0.717) is 31.9 Å². The lowest BCUT2D eigenvalue weighted by Gasteiger charge is -2.42. The number of aliphatic carboxylic acids is 1. The first-order valence-electron chi connectivity index (χ1n) is 8.86. The van der Waals surface area contributed by atoms with E-state index in [4.69, 9.17) is 9.84 Å². The maximum atomic E-state index is 12.8. The summed E-state index contributed by atoms with van der Waals surface area (Å²) in [5.41, 5.74) is 0. The lowest BCUT2D eigenvalue weighted by molar-refractivity contribution is -0.139. The van der Waals surface area contributed by atoms with Gasteiger partial charge in [0, 0.05) is 18.6 Å². The van der Waals surface area contributed by atoms with E-state index in [0.717, 1.165) is 12.8 Å². The molecule has 7 nitrogen and oxygen atoms in total. The number of carboxylic acids is 1. The summed E-state index contributed by atoms with van der Waals surface area (Å²) in [5, 5.41) is 14.5. The Morgan fingerprint density at radius 1 is 1.31 bits per heavy atom. The van der Waals surface area contributed by atoms with Gasteiger partial charge in [-0.25, -0.2) is 9.18 Å². The fourth-order valence-electron chi connectivity index (χ4n) is 2.91. The van der Waals surface area contributed by atoms with Crippen LogP contribution in [-0.2, 0) is 4.79 Å². The van der Waals surface area contributed by atoms with Crippen molar-refractivity contribution in [1.82, 2.24) is 15.5 Å². The summed E-state index contributed by atoms with van der Waals surface area (Å²) < 4.78 is 18.2. The number of carbonyl (C=O) groups is 2. The third-order valence-electron chi connectivity index (χ3n) is 4.40. The number of halogens is 1. The van der Waals surface area contributed by atoms with Gasteiger partial charge in [-0.3, -0.25) is 9.69 Å². The van der Waals surface area contributed by atoms with E-state index in [1.807, 2.05) is 11.8 Å². The molecule has 0 bridgehead atoms. The standard InChI is InChI=1S/C18H26FN3O4/c1-2-22(12-17(23)24)15-10-14(11-15)21-18(25)20-8-3-9-26-16-6-4-13(19)5-7-16/h4-7,14-15H,2-3,8-12H2,1H3,(H,23,24)(H2,20,21,25). The van der Waals surface area contributed by atoms with Gasteiger partial charge >= 0.3 is 12.0 Å². The number of carbonyl (C=O) groups excluding carboxylic acids is 1. The highest BCUT2D eigenvalue weighted by Crippen LogP contribution is 2.25. The van der Waals surface area contributed by atoms with Crippen molar-refractivity contribution in [3.05, 3.63) is 30.1 Å². The summed E-state index contributed by atoms with van der Waals surface area (Å²) >= 11 is 0. The smallest absolute Gasteiger partial charge is 0.317 e. The van der Waals surface area contributed by atoms with Crippen LogP contribution < -0.4 is 15.4 Å². The summed E-state index contributed by atoms with van der Waals surface area (Å²) in [6, 6.07) is 5.87. The summed E-state index contributed by atoms with van der Waals surface area (Å²) in [6.45, 7) is 3.56. The summed E-state index contributed by atoms with van der Waals surface area (Å²) in [4.78, 5) is 24.5. The average Bonchev–Trinajstić information content (AvgIpc) is 2.57. The Bertz CT molecular complexity index is 591. The van der Waals surface area contributed by atoms with Crippen molar-refractivity contribution in [2.45, 2.75) is 38.3 Å². The fourth-order valence-corrected chi connectivity index (χ4v) is 2.91. The zero-order valence-electron chi connectivity index (χ0n) is 14.9. The second kappa shape index (κ2) is 9.96. The summed E-state index contributed by atoms with van der Waals surface area (Å²) in [7, 11) is 0.